The summed E-state index contributed by atoms with van der Waals surface area (Å²) in [4.78, 5) is 8.75. The molecule has 4 heteroatoms. The lowest BCUT2D eigenvalue weighted by atomic mass is 10.1. The third-order valence-electron chi connectivity index (χ3n) is 2.94. The molecular weight excluding hydrogens is 253 g/mol. The van der Waals surface area contributed by atoms with Crippen molar-refractivity contribution in [1.29, 1.82) is 0 Å². The Labute approximate surface area is 115 Å². The molecule has 3 aromatic rings. The summed E-state index contributed by atoms with van der Waals surface area (Å²) in [7, 11) is 0. The highest BCUT2D eigenvalue weighted by molar-refractivity contribution is 5.65. The summed E-state index contributed by atoms with van der Waals surface area (Å²) in [6, 6.07) is 15.4. The molecule has 2 aromatic carbocycles. The van der Waals surface area contributed by atoms with Crippen molar-refractivity contribution in [2.24, 2.45) is 0 Å². The zero-order valence-electron chi connectivity index (χ0n) is 10.6. The Morgan fingerprint density at radius 3 is 2.45 bits per heavy atom. The molecule has 0 aliphatic heterocycles. The van der Waals surface area contributed by atoms with Gasteiger partial charge in [0.05, 0.1) is 5.69 Å². The molecule has 0 radical (unpaired) electrons. The van der Waals surface area contributed by atoms with Gasteiger partial charge in [0.15, 0.2) is 5.82 Å². The lowest BCUT2D eigenvalue weighted by Gasteiger charge is -2.05. The van der Waals surface area contributed by atoms with E-state index in [4.69, 9.17) is 5.73 Å². The van der Waals surface area contributed by atoms with Gasteiger partial charge in [-0.05, 0) is 42.5 Å². The van der Waals surface area contributed by atoms with Crippen LogP contribution in [0.2, 0.25) is 0 Å². The van der Waals surface area contributed by atoms with E-state index in [0.29, 0.717) is 11.5 Å². The molecule has 0 aliphatic rings. The molecule has 98 valence electrons. The first-order valence-corrected chi connectivity index (χ1v) is 6.17. The molecule has 0 aliphatic carbocycles. The molecule has 3 rings (SSSR count). The third-order valence-corrected chi connectivity index (χ3v) is 2.94. The summed E-state index contributed by atoms with van der Waals surface area (Å²) in [5, 5.41) is 0. The van der Waals surface area contributed by atoms with Crippen molar-refractivity contribution in [3.05, 3.63) is 66.6 Å². The molecule has 0 bridgehead atoms. The smallest absolute Gasteiger partial charge is 0.159 e. The van der Waals surface area contributed by atoms with Crippen LogP contribution in [0.25, 0.3) is 22.6 Å². The van der Waals surface area contributed by atoms with Crippen molar-refractivity contribution in [2.75, 3.05) is 5.73 Å². The Morgan fingerprint density at radius 1 is 0.900 bits per heavy atom. The second-order valence-electron chi connectivity index (χ2n) is 4.40. The molecule has 0 saturated heterocycles. The summed E-state index contributed by atoms with van der Waals surface area (Å²) >= 11 is 0. The Kier molecular flexibility index (Phi) is 3.13. The van der Waals surface area contributed by atoms with E-state index in [1.165, 1.54) is 12.1 Å². The largest absolute Gasteiger partial charge is 0.399 e. The molecule has 1 aromatic heterocycles. The van der Waals surface area contributed by atoms with E-state index in [0.717, 1.165) is 16.8 Å². The van der Waals surface area contributed by atoms with E-state index in [-0.39, 0.29) is 5.82 Å². The average molecular weight is 265 g/mol. The van der Waals surface area contributed by atoms with E-state index < -0.39 is 0 Å². The lowest BCUT2D eigenvalue weighted by Crippen LogP contribution is -1.93. The number of benzene rings is 2. The minimum Gasteiger partial charge on any atom is -0.399 e. The normalized spacial score (nSPS) is 10.4. The molecule has 0 amide bonds. The molecule has 0 unspecified atom stereocenters. The van der Waals surface area contributed by atoms with Crippen LogP contribution in [-0.4, -0.2) is 9.97 Å². The van der Waals surface area contributed by atoms with Crippen molar-refractivity contribution < 1.29 is 4.39 Å². The third kappa shape index (κ3) is 2.49. The van der Waals surface area contributed by atoms with Crippen LogP contribution in [-0.2, 0) is 0 Å². The molecule has 0 atom stereocenters. The van der Waals surface area contributed by atoms with Crippen LogP contribution in [0.15, 0.2) is 60.8 Å². The Hall–Kier alpha value is -2.75. The van der Waals surface area contributed by atoms with E-state index in [1.807, 2.05) is 24.3 Å². The number of nitrogen functional groups attached to an aromatic ring is 1. The maximum atomic E-state index is 12.9. The number of halogens is 1. The average Bonchev–Trinajstić information content (AvgIpc) is 2.48. The predicted octanol–water partition coefficient (Wildman–Crippen LogP) is 3.53. The number of hydrogen-bond donors (Lipinski definition) is 1. The van der Waals surface area contributed by atoms with Gasteiger partial charge in [-0.1, -0.05) is 12.1 Å². The number of anilines is 1. The van der Waals surface area contributed by atoms with Crippen molar-refractivity contribution >= 4 is 5.69 Å². The van der Waals surface area contributed by atoms with E-state index in [1.54, 1.807) is 24.4 Å². The number of aromatic nitrogens is 2. The van der Waals surface area contributed by atoms with E-state index in [9.17, 15) is 4.39 Å². The van der Waals surface area contributed by atoms with Crippen molar-refractivity contribution in [3.63, 3.8) is 0 Å². The highest BCUT2D eigenvalue weighted by Gasteiger charge is 2.05. The quantitative estimate of drug-likeness (QED) is 0.721. The van der Waals surface area contributed by atoms with Gasteiger partial charge in [-0.15, -0.1) is 0 Å². The van der Waals surface area contributed by atoms with Gasteiger partial charge < -0.3 is 5.73 Å². The molecule has 0 saturated carbocycles. The van der Waals surface area contributed by atoms with Crippen LogP contribution >= 0.6 is 0 Å². The van der Waals surface area contributed by atoms with Gasteiger partial charge in [0.1, 0.15) is 5.82 Å². The second kappa shape index (κ2) is 5.09. The number of nitrogens with zero attached hydrogens (tertiary/aromatic N) is 2. The lowest BCUT2D eigenvalue weighted by molar-refractivity contribution is 0.628. The zero-order valence-corrected chi connectivity index (χ0v) is 10.6. The van der Waals surface area contributed by atoms with Gasteiger partial charge >= 0.3 is 0 Å². The zero-order chi connectivity index (χ0) is 13.9. The summed E-state index contributed by atoms with van der Waals surface area (Å²) < 4.78 is 12.9. The van der Waals surface area contributed by atoms with Crippen LogP contribution in [0.4, 0.5) is 10.1 Å². The van der Waals surface area contributed by atoms with E-state index >= 15 is 0 Å². The van der Waals surface area contributed by atoms with Crippen molar-refractivity contribution in [2.45, 2.75) is 0 Å². The molecule has 2 N–H and O–H groups in total. The first-order valence-electron chi connectivity index (χ1n) is 6.17. The van der Waals surface area contributed by atoms with Crippen LogP contribution in [0.1, 0.15) is 0 Å². The first-order chi connectivity index (χ1) is 9.72. The molecule has 0 spiro atoms. The molecular formula is C16H12FN3. The second-order valence-corrected chi connectivity index (χ2v) is 4.40. The minimum atomic E-state index is -0.265. The SMILES string of the molecule is Nc1cccc(-c2nccc(-c3ccc(F)cc3)n2)c1. The number of rotatable bonds is 2. The Morgan fingerprint density at radius 2 is 1.70 bits per heavy atom. The van der Waals surface area contributed by atoms with Crippen LogP contribution in [0.5, 0.6) is 0 Å². The maximum Gasteiger partial charge on any atom is 0.159 e. The summed E-state index contributed by atoms with van der Waals surface area (Å²) in [6.07, 6.45) is 1.68. The fraction of sp³-hybridized carbons (Fsp3) is 0. The van der Waals surface area contributed by atoms with Crippen molar-refractivity contribution in [3.8, 4) is 22.6 Å². The molecule has 20 heavy (non-hydrogen) atoms. The molecule has 0 fully saturated rings. The Balaban J connectivity index is 2.03. The highest BCUT2D eigenvalue weighted by atomic mass is 19.1. The van der Waals surface area contributed by atoms with Gasteiger partial charge in [0.2, 0.25) is 0 Å². The highest BCUT2D eigenvalue weighted by Crippen LogP contribution is 2.22. The van der Waals surface area contributed by atoms with E-state index in [2.05, 4.69) is 9.97 Å². The first kappa shape index (κ1) is 12.3. The van der Waals surface area contributed by atoms with Crippen LogP contribution in [0, 0.1) is 5.82 Å². The van der Waals surface area contributed by atoms with Crippen LogP contribution in [0.3, 0.4) is 0 Å². The fourth-order valence-corrected chi connectivity index (χ4v) is 1.96. The summed E-state index contributed by atoms with van der Waals surface area (Å²) in [5.41, 5.74) is 8.88. The minimum absolute atomic E-state index is 0.265. The van der Waals surface area contributed by atoms with Crippen LogP contribution < -0.4 is 5.73 Å². The maximum absolute atomic E-state index is 12.9. The van der Waals surface area contributed by atoms with Crippen molar-refractivity contribution in [1.82, 2.24) is 9.97 Å². The number of hydrogen-bond acceptors (Lipinski definition) is 3. The monoisotopic (exact) mass is 265 g/mol. The van der Waals surface area contributed by atoms with Gasteiger partial charge in [-0.2, -0.15) is 0 Å². The van der Waals surface area contributed by atoms with Gasteiger partial charge in [-0.25, -0.2) is 14.4 Å². The predicted molar refractivity (Wildman–Crippen MR) is 77.3 cm³/mol. The van der Waals surface area contributed by atoms with Gasteiger partial charge in [0, 0.05) is 23.0 Å². The fourth-order valence-electron chi connectivity index (χ4n) is 1.96. The molecule has 1 heterocycles. The molecule has 3 nitrogen and oxygen atoms in total. The Bertz CT molecular complexity index is 739. The summed E-state index contributed by atoms with van der Waals surface area (Å²) in [6.45, 7) is 0. The topological polar surface area (TPSA) is 51.8 Å². The van der Waals surface area contributed by atoms with Gasteiger partial charge in [0.25, 0.3) is 0 Å². The number of nitrogens with two attached hydrogens (primary N) is 1. The standard InChI is InChI=1S/C16H12FN3/c17-13-6-4-11(5-7-13)15-8-9-19-16(20-15)12-2-1-3-14(18)10-12/h1-10H,18H2. The summed E-state index contributed by atoms with van der Waals surface area (Å²) in [5.74, 6) is 0.331. The van der Waals surface area contributed by atoms with Gasteiger partial charge in [-0.3, -0.25) is 0 Å².